The van der Waals surface area contributed by atoms with Crippen molar-refractivity contribution in [1.29, 1.82) is 0 Å². The fourth-order valence-electron chi connectivity index (χ4n) is 4.05. The van der Waals surface area contributed by atoms with Gasteiger partial charge >= 0.3 is 0 Å². The highest BCUT2D eigenvalue weighted by Gasteiger charge is 2.15. The van der Waals surface area contributed by atoms with E-state index in [2.05, 4.69) is 79.7 Å². The summed E-state index contributed by atoms with van der Waals surface area (Å²) in [6.45, 7) is 9.79. The number of aromatic amines is 2. The third kappa shape index (κ3) is 4.11. The van der Waals surface area contributed by atoms with Crippen LogP contribution in [0.15, 0.2) is 78.5 Å². The summed E-state index contributed by atoms with van der Waals surface area (Å²) in [5.41, 5.74) is 7.83. The lowest BCUT2D eigenvalue weighted by atomic mass is 10.0. The molecule has 0 saturated carbocycles. The molecule has 0 aromatic carbocycles. The van der Waals surface area contributed by atoms with Gasteiger partial charge in [0.05, 0.1) is 22.0 Å². The Bertz CT molecular complexity index is 1520. The molecule has 0 aliphatic heterocycles. The lowest BCUT2D eigenvalue weighted by molar-refractivity contribution is 0.785. The average molecular weight is 467 g/mol. The van der Waals surface area contributed by atoms with Gasteiger partial charge in [0.1, 0.15) is 0 Å². The second kappa shape index (κ2) is 9.59. The van der Waals surface area contributed by atoms with E-state index in [1.54, 1.807) is 11.3 Å². The van der Waals surface area contributed by atoms with Crippen molar-refractivity contribution in [2.45, 2.75) is 13.8 Å². The van der Waals surface area contributed by atoms with Crippen LogP contribution in [0.25, 0.3) is 49.5 Å². The van der Waals surface area contributed by atoms with Crippen LogP contribution in [-0.2, 0) is 0 Å². The van der Waals surface area contributed by atoms with E-state index >= 15 is 0 Å². The molecule has 5 rings (SSSR count). The molecule has 7 heteroatoms. The monoisotopic (exact) mass is 466 g/mol. The normalized spacial score (nSPS) is 12.6. The van der Waals surface area contributed by atoms with E-state index in [4.69, 9.17) is 0 Å². The fourth-order valence-corrected chi connectivity index (χ4v) is 4.78. The number of rotatable bonds is 8. The molecule has 5 aromatic rings. The summed E-state index contributed by atoms with van der Waals surface area (Å²) in [6, 6.07) is 10.4. The van der Waals surface area contributed by atoms with Gasteiger partial charge in [-0.25, -0.2) is 4.98 Å². The summed E-state index contributed by atoms with van der Waals surface area (Å²) in [6.07, 6.45) is 9.86. The largest absolute Gasteiger partial charge is 0.353 e. The lowest BCUT2D eigenvalue weighted by Gasteiger charge is -2.07. The molecule has 0 spiro atoms. The van der Waals surface area contributed by atoms with Crippen LogP contribution in [0.1, 0.15) is 19.4 Å². The molecule has 5 aromatic heterocycles. The number of nitrogens with zero attached hydrogens (tertiary/aromatic N) is 3. The van der Waals surface area contributed by atoms with E-state index in [9.17, 15) is 0 Å². The summed E-state index contributed by atoms with van der Waals surface area (Å²) in [4.78, 5) is 13.9. The molecule has 5 heterocycles. The van der Waals surface area contributed by atoms with Crippen LogP contribution >= 0.6 is 11.3 Å². The van der Waals surface area contributed by atoms with Crippen LogP contribution < -0.4 is 5.32 Å². The third-order valence-electron chi connectivity index (χ3n) is 5.81. The molecule has 0 fully saturated rings. The van der Waals surface area contributed by atoms with Gasteiger partial charge in [-0.3, -0.25) is 10.1 Å². The summed E-state index contributed by atoms with van der Waals surface area (Å²) in [5, 5.41) is 15.1. The predicted octanol–water partition coefficient (Wildman–Crippen LogP) is 6.35. The van der Waals surface area contributed by atoms with Gasteiger partial charge < -0.3 is 10.3 Å². The Morgan fingerprint density at radius 2 is 2.12 bits per heavy atom. The van der Waals surface area contributed by atoms with Gasteiger partial charge in [0.25, 0.3) is 0 Å². The van der Waals surface area contributed by atoms with E-state index in [1.165, 1.54) is 0 Å². The maximum atomic E-state index is 4.64. The smallest absolute Gasteiger partial charge is 0.181 e. The first kappa shape index (κ1) is 22.0. The molecule has 0 radical (unpaired) electrons. The number of hydrogen-bond acceptors (Lipinski definition) is 5. The summed E-state index contributed by atoms with van der Waals surface area (Å²) in [5.74, 6) is 0. The zero-order valence-electron chi connectivity index (χ0n) is 19.2. The predicted molar refractivity (Wildman–Crippen MR) is 143 cm³/mol. The lowest BCUT2D eigenvalue weighted by Crippen LogP contribution is -2.15. The first-order valence-corrected chi connectivity index (χ1v) is 12.2. The van der Waals surface area contributed by atoms with E-state index in [-0.39, 0.29) is 0 Å². The number of hydrogen-bond donors (Lipinski definition) is 3. The Kier molecular flexibility index (Phi) is 6.20. The topological polar surface area (TPSA) is 82.3 Å². The molecule has 170 valence electrons. The van der Waals surface area contributed by atoms with Crippen molar-refractivity contribution in [3.05, 3.63) is 84.0 Å². The highest BCUT2D eigenvalue weighted by Crippen LogP contribution is 2.34. The van der Waals surface area contributed by atoms with Crippen molar-refractivity contribution in [2.75, 3.05) is 13.1 Å². The minimum atomic E-state index is 0.685. The first-order valence-electron chi connectivity index (χ1n) is 11.3. The Morgan fingerprint density at radius 3 is 2.88 bits per heavy atom. The molecular weight excluding hydrogens is 440 g/mol. The molecule has 0 bridgehead atoms. The van der Waals surface area contributed by atoms with Gasteiger partial charge in [-0.2, -0.15) is 5.10 Å². The van der Waals surface area contributed by atoms with Crippen LogP contribution in [-0.4, -0.2) is 38.2 Å². The zero-order chi connectivity index (χ0) is 23.5. The maximum Gasteiger partial charge on any atom is 0.181 e. The van der Waals surface area contributed by atoms with E-state index < -0.39 is 0 Å². The van der Waals surface area contributed by atoms with Crippen molar-refractivity contribution in [3.8, 4) is 22.0 Å². The number of fused-ring (bicyclic) bond motifs is 2. The van der Waals surface area contributed by atoms with Gasteiger partial charge in [-0.05, 0) is 54.3 Å². The van der Waals surface area contributed by atoms with Crippen molar-refractivity contribution >= 4 is 38.8 Å². The van der Waals surface area contributed by atoms with Crippen molar-refractivity contribution in [1.82, 2.24) is 30.5 Å². The third-order valence-corrected chi connectivity index (χ3v) is 6.68. The van der Waals surface area contributed by atoms with Gasteiger partial charge in [-0.1, -0.05) is 37.8 Å². The van der Waals surface area contributed by atoms with Crippen LogP contribution in [0.4, 0.5) is 0 Å². The van der Waals surface area contributed by atoms with E-state index in [0.717, 1.165) is 68.0 Å². The SMILES string of the molecule is C=C/C(=C\C(=C/C)c1cnc2n[nH]c(-c3cc4c(-c5cccs5)nccc4[nH]3)c2c1)CNCC. The number of allylic oxidation sites excluding steroid dienone is 3. The van der Waals surface area contributed by atoms with Gasteiger partial charge in [0, 0.05) is 40.8 Å². The number of aromatic nitrogens is 5. The zero-order valence-corrected chi connectivity index (χ0v) is 20.0. The van der Waals surface area contributed by atoms with Crippen LogP contribution in [0, 0.1) is 0 Å². The summed E-state index contributed by atoms with van der Waals surface area (Å²) < 4.78 is 0. The fraction of sp³-hybridized carbons (Fsp3) is 0.148. The van der Waals surface area contributed by atoms with Gasteiger partial charge in [0.2, 0.25) is 0 Å². The summed E-state index contributed by atoms with van der Waals surface area (Å²) >= 11 is 1.69. The molecule has 0 aliphatic carbocycles. The number of pyridine rings is 2. The highest BCUT2D eigenvalue weighted by molar-refractivity contribution is 7.13. The molecule has 0 saturated heterocycles. The number of H-pyrrole nitrogens is 2. The quantitative estimate of drug-likeness (QED) is 0.233. The molecule has 34 heavy (non-hydrogen) atoms. The first-order chi connectivity index (χ1) is 16.7. The Morgan fingerprint density at radius 1 is 1.21 bits per heavy atom. The second-order valence-corrected chi connectivity index (χ2v) is 8.87. The van der Waals surface area contributed by atoms with E-state index in [1.807, 2.05) is 37.5 Å². The second-order valence-electron chi connectivity index (χ2n) is 7.92. The van der Waals surface area contributed by atoms with Crippen LogP contribution in [0.5, 0.6) is 0 Å². The maximum absolute atomic E-state index is 4.64. The molecule has 0 amide bonds. The van der Waals surface area contributed by atoms with Crippen molar-refractivity contribution in [3.63, 3.8) is 0 Å². The minimum Gasteiger partial charge on any atom is -0.353 e. The number of likely N-dealkylation sites (N-methyl/N-ethyl adjacent to an activating group) is 1. The van der Waals surface area contributed by atoms with Gasteiger partial charge in [-0.15, -0.1) is 11.3 Å². The highest BCUT2D eigenvalue weighted by atomic mass is 32.1. The molecular formula is C27H26N6S. The Labute approximate surface area is 202 Å². The molecule has 6 nitrogen and oxygen atoms in total. The van der Waals surface area contributed by atoms with Crippen molar-refractivity contribution in [2.24, 2.45) is 0 Å². The van der Waals surface area contributed by atoms with Crippen molar-refractivity contribution < 1.29 is 0 Å². The standard InChI is InChI=1S/C27H26N6S/c1-4-17(15-28-6-3)12-18(5-2)19-13-21-25(32-33-27(21)30-16-19)23-14-20-22(31-23)9-10-29-26(20)24-8-7-11-34-24/h4-5,7-14,16,28,31H,1,6,15H2,2-3H3,(H,30,32,33)/b17-12+,18-5+. The number of nitrogens with one attached hydrogen (secondary N) is 3. The average Bonchev–Trinajstić information content (AvgIpc) is 3.63. The number of thiophene rings is 1. The molecule has 0 atom stereocenters. The Balaban J connectivity index is 1.58. The minimum absolute atomic E-state index is 0.685. The molecule has 0 unspecified atom stereocenters. The van der Waals surface area contributed by atoms with Gasteiger partial charge in [0.15, 0.2) is 5.65 Å². The van der Waals surface area contributed by atoms with E-state index in [0.29, 0.717) is 5.65 Å². The molecule has 3 N–H and O–H groups in total. The Hall–Kier alpha value is -3.81. The summed E-state index contributed by atoms with van der Waals surface area (Å²) in [7, 11) is 0. The van der Waals surface area contributed by atoms with Crippen LogP contribution in [0.2, 0.25) is 0 Å². The van der Waals surface area contributed by atoms with Crippen LogP contribution in [0.3, 0.4) is 0 Å². The molecule has 0 aliphatic rings.